The van der Waals surface area contributed by atoms with Crippen molar-refractivity contribution >= 4 is 17.5 Å². The third-order valence-electron chi connectivity index (χ3n) is 3.56. The van der Waals surface area contributed by atoms with Crippen molar-refractivity contribution in [3.05, 3.63) is 34.9 Å². The molecule has 0 bridgehead atoms. The van der Waals surface area contributed by atoms with Crippen LogP contribution in [0.25, 0.3) is 0 Å². The summed E-state index contributed by atoms with van der Waals surface area (Å²) >= 11 is 5.86. The van der Waals surface area contributed by atoms with Gasteiger partial charge in [0.05, 0.1) is 0 Å². The number of amides is 1. The number of carbonyl (C=O) groups excluding carboxylic acids is 1. The average Bonchev–Trinajstić information content (AvgIpc) is 2.76. The van der Waals surface area contributed by atoms with E-state index in [0.29, 0.717) is 23.0 Å². The van der Waals surface area contributed by atoms with Gasteiger partial charge >= 0.3 is 0 Å². The summed E-state index contributed by atoms with van der Waals surface area (Å²) in [5.74, 6) is 0.551. The summed E-state index contributed by atoms with van der Waals surface area (Å²) in [5.41, 5.74) is 6.63. The van der Waals surface area contributed by atoms with Crippen molar-refractivity contribution < 1.29 is 4.79 Å². The zero-order chi connectivity index (χ0) is 11.3. The molecule has 1 amide bonds. The van der Waals surface area contributed by atoms with Crippen molar-refractivity contribution in [2.45, 2.75) is 12.0 Å². The molecule has 0 unspecified atom stereocenters. The molecule has 0 aromatic heterocycles. The summed E-state index contributed by atoms with van der Waals surface area (Å²) in [6.45, 7) is 1.48. The highest BCUT2D eigenvalue weighted by molar-refractivity contribution is 6.30. The van der Waals surface area contributed by atoms with Gasteiger partial charge in [-0.15, -0.1) is 0 Å². The Morgan fingerprint density at radius 2 is 2.38 bits per heavy atom. The molecule has 3 rings (SSSR count). The van der Waals surface area contributed by atoms with Crippen LogP contribution in [0.1, 0.15) is 16.8 Å². The average molecular weight is 237 g/mol. The van der Waals surface area contributed by atoms with Crippen LogP contribution in [-0.4, -0.2) is 29.4 Å². The zero-order valence-corrected chi connectivity index (χ0v) is 9.57. The van der Waals surface area contributed by atoms with Crippen LogP contribution in [0.4, 0.5) is 0 Å². The maximum absolute atomic E-state index is 12.1. The van der Waals surface area contributed by atoms with E-state index >= 15 is 0 Å². The van der Waals surface area contributed by atoms with Crippen molar-refractivity contribution in [2.24, 2.45) is 11.7 Å². The van der Waals surface area contributed by atoms with Crippen LogP contribution in [0.3, 0.4) is 0 Å². The summed E-state index contributed by atoms with van der Waals surface area (Å²) in [7, 11) is 0. The lowest BCUT2D eigenvalue weighted by molar-refractivity contribution is 0.0772. The van der Waals surface area contributed by atoms with E-state index in [1.165, 1.54) is 0 Å². The highest BCUT2D eigenvalue weighted by Gasteiger charge is 2.58. The first-order chi connectivity index (χ1) is 7.58. The Labute approximate surface area is 99.2 Å². The number of piperidine rings is 1. The second-order valence-electron chi connectivity index (χ2n) is 4.83. The lowest BCUT2D eigenvalue weighted by Gasteiger charge is -2.19. The fourth-order valence-electron chi connectivity index (χ4n) is 2.48. The number of nitrogens with two attached hydrogens (primary N) is 1. The van der Waals surface area contributed by atoms with E-state index < -0.39 is 0 Å². The number of halogens is 1. The molecule has 1 saturated heterocycles. The molecule has 1 heterocycles. The van der Waals surface area contributed by atoms with E-state index in [9.17, 15) is 4.79 Å². The highest BCUT2D eigenvalue weighted by atomic mass is 35.5. The number of hydrogen-bond donors (Lipinski definition) is 1. The van der Waals surface area contributed by atoms with Gasteiger partial charge in [0.15, 0.2) is 0 Å². The van der Waals surface area contributed by atoms with Gasteiger partial charge in [-0.25, -0.2) is 0 Å². The van der Waals surface area contributed by atoms with E-state index in [1.54, 1.807) is 24.3 Å². The van der Waals surface area contributed by atoms with Crippen molar-refractivity contribution in [1.82, 2.24) is 4.90 Å². The first kappa shape index (κ1) is 10.1. The Morgan fingerprint density at radius 1 is 1.56 bits per heavy atom. The molecule has 2 aliphatic rings. The molecule has 4 heteroatoms. The van der Waals surface area contributed by atoms with Crippen LogP contribution in [0.2, 0.25) is 5.02 Å². The minimum Gasteiger partial charge on any atom is -0.336 e. The molecule has 1 aromatic carbocycles. The molecule has 1 aromatic rings. The summed E-state index contributed by atoms with van der Waals surface area (Å²) in [6.07, 6.45) is 1.06. The third-order valence-corrected chi connectivity index (χ3v) is 3.80. The van der Waals surface area contributed by atoms with E-state index in [4.69, 9.17) is 17.3 Å². The molecule has 2 N–H and O–H groups in total. The summed E-state index contributed by atoms with van der Waals surface area (Å²) in [4.78, 5) is 14.0. The topological polar surface area (TPSA) is 46.3 Å². The minimum absolute atomic E-state index is 0.0412. The molecule has 1 aliphatic heterocycles. The Kier molecular flexibility index (Phi) is 2.03. The normalized spacial score (nSPS) is 31.4. The largest absolute Gasteiger partial charge is 0.336 e. The molecule has 3 nitrogen and oxygen atoms in total. The number of carbonyl (C=O) groups is 1. The number of likely N-dealkylation sites (tertiary alicyclic amines) is 1. The van der Waals surface area contributed by atoms with Crippen molar-refractivity contribution in [3.8, 4) is 0 Å². The molecule has 2 atom stereocenters. The Morgan fingerprint density at radius 3 is 3.00 bits per heavy atom. The molecule has 1 saturated carbocycles. The number of benzene rings is 1. The highest BCUT2D eigenvalue weighted by Crippen LogP contribution is 2.47. The van der Waals surface area contributed by atoms with Gasteiger partial charge in [-0.05, 0) is 30.5 Å². The van der Waals surface area contributed by atoms with E-state index in [0.717, 1.165) is 13.0 Å². The summed E-state index contributed by atoms with van der Waals surface area (Å²) in [6, 6.07) is 7.06. The molecule has 1 aliphatic carbocycles. The Bertz CT molecular complexity index is 462. The van der Waals surface area contributed by atoms with Crippen LogP contribution < -0.4 is 5.73 Å². The van der Waals surface area contributed by atoms with E-state index in [-0.39, 0.29) is 11.4 Å². The summed E-state index contributed by atoms with van der Waals surface area (Å²) < 4.78 is 0. The van der Waals surface area contributed by atoms with Gasteiger partial charge < -0.3 is 10.6 Å². The van der Waals surface area contributed by atoms with E-state index in [1.807, 2.05) is 4.90 Å². The molecule has 2 fully saturated rings. The number of fused-ring (bicyclic) bond motifs is 1. The van der Waals surface area contributed by atoms with Gasteiger partial charge in [-0.1, -0.05) is 17.7 Å². The molecule has 0 spiro atoms. The van der Waals surface area contributed by atoms with Gasteiger partial charge in [-0.2, -0.15) is 0 Å². The number of nitrogens with zero attached hydrogens (tertiary/aromatic N) is 1. The van der Waals surface area contributed by atoms with Crippen LogP contribution >= 0.6 is 11.6 Å². The van der Waals surface area contributed by atoms with E-state index in [2.05, 4.69) is 0 Å². The lowest BCUT2D eigenvalue weighted by atomic mass is 10.2. The summed E-state index contributed by atoms with van der Waals surface area (Å²) in [5, 5.41) is 0.595. The predicted molar refractivity (Wildman–Crippen MR) is 62.4 cm³/mol. The molecule has 0 radical (unpaired) electrons. The quantitative estimate of drug-likeness (QED) is 0.804. The minimum atomic E-state index is -0.0891. The van der Waals surface area contributed by atoms with Crippen LogP contribution in [0.5, 0.6) is 0 Å². The van der Waals surface area contributed by atoms with Gasteiger partial charge in [0.25, 0.3) is 5.91 Å². The Hall–Kier alpha value is -1.06. The van der Waals surface area contributed by atoms with Gasteiger partial charge in [0, 0.05) is 29.2 Å². The smallest absolute Gasteiger partial charge is 0.253 e. The molecular formula is C12H13ClN2O. The van der Waals surface area contributed by atoms with Crippen LogP contribution in [-0.2, 0) is 0 Å². The van der Waals surface area contributed by atoms with Crippen molar-refractivity contribution in [2.75, 3.05) is 13.1 Å². The monoisotopic (exact) mass is 236 g/mol. The second-order valence-corrected chi connectivity index (χ2v) is 5.27. The first-order valence-electron chi connectivity index (χ1n) is 5.42. The Balaban J connectivity index is 1.79. The predicted octanol–water partition coefficient (Wildman–Crippen LogP) is 1.51. The number of rotatable bonds is 1. The number of hydrogen-bond acceptors (Lipinski definition) is 2. The SMILES string of the molecule is N[C@]12C[C@@H]1CN(C(=O)c1cccc(Cl)c1)C2. The molecule has 84 valence electrons. The van der Waals surface area contributed by atoms with Gasteiger partial charge in [0.2, 0.25) is 0 Å². The van der Waals surface area contributed by atoms with Crippen molar-refractivity contribution in [1.29, 1.82) is 0 Å². The van der Waals surface area contributed by atoms with Gasteiger partial charge in [0.1, 0.15) is 0 Å². The van der Waals surface area contributed by atoms with Crippen molar-refractivity contribution in [3.63, 3.8) is 0 Å². The first-order valence-corrected chi connectivity index (χ1v) is 5.80. The maximum atomic E-state index is 12.1. The maximum Gasteiger partial charge on any atom is 0.253 e. The fraction of sp³-hybridized carbons (Fsp3) is 0.417. The van der Waals surface area contributed by atoms with Crippen LogP contribution in [0, 0.1) is 5.92 Å². The standard InChI is InChI=1S/C12H13ClN2O/c13-10-3-1-2-8(4-10)11(16)15-6-9-5-12(9,14)7-15/h1-4,9H,5-7,14H2/t9-,12+/m1/s1. The van der Waals surface area contributed by atoms with Gasteiger partial charge in [-0.3, -0.25) is 4.79 Å². The zero-order valence-electron chi connectivity index (χ0n) is 8.82. The molecular weight excluding hydrogens is 224 g/mol. The fourth-order valence-corrected chi connectivity index (χ4v) is 2.67. The second kappa shape index (κ2) is 3.22. The van der Waals surface area contributed by atoms with Crippen LogP contribution in [0.15, 0.2) is 24.3 Å². The third kappa shape index (κ3) is 1.51. The lowest BCUT2D eigenvalue weighted by Crippen LogP contribution is -2.36. The molecule has 16 heavy (non-hydrogen) atoms.